The van der Waals surface area contributed by atoms with Gasteiger partial charge in [-0.3, -0.25) is 9.59 Å². The molecule has 37 heavy (non-hydrogen) atoms. The van der Waals surface area contributed by atoms with Crippen LogP contribution in [0.5, 0.6) is 5.75 Å². The number of nitrogens with one attached hydrogen (secondary N) is 2. The topological polar surface area (TPSA) is 73.9 Å². The maximum atomic E-state index is 13.0. The molecular formula is C30H38N4O3. The van der Waals surface area contributed by atoms with Gasteiger partial charge in [0.15, 0.2) is 6.61 Å². The highest BCUT2D eigenvalue weighted by atomic mass is 16.5. The molecule has 2 amide bonds. The lowest BCUT2D eigenvalue weighted by Crippen LogP contribution is -2.23. The molecule has 0 spiro atoms. The maximum absolute atomic E-state index is 13.0. The summed E-state index contributed by atoms with van der Waals surface area (Å²) in [5.41, 5.74) is 5.00. The Bertz CT molecular complexity index is 1190. The van der Waals surface area contributed by atoms with Gasteiger partial charge in [-0.1, -0.05) is 12.1 Å². The zero-order chi connectivity index (χ0) is 26.8. The number of carbonyl (C=O) groups excluding carboxylic acids is 2. The Kier molecular flexibility index (Phi) is 9.95. The third kappa shape index (κ3) is 7.26. The van der Waals surface area contributed by atoms with Crippen molar-refractivity contribution in [3.8, 4) is 5.75 Å². The predicted octanol–water partition coefficient (Wildman–Crippen LogP) is 5.96. The average molecular weight is 503 g/mol. The highest BCUT2D eigenvalue weighted by molar-refractivity contribution is 6.06. The molecule has 0 saturated heterocycles. The first kappa shape index (κ1) is 27.6. The van der Waals surface area contributed by atoms with Crippen molar-refractivity contribution in [2.24, 2.45) is 0 Å². The monoisotopic (exact) mass is 502 g/mol. The van der Waals surface area contributed by atoms with E-state index in [1.165, 1.54) is 0 Å². The number of hydrogen-bond acceptors (Lipinski definition) is 5. The van der Waals surface area contributed by atoms with E-state index < -0.39 is 0 Å². The van der Waals surface area contributed by atoms with Crippen molar-refractivity contribution in [3.05, 3.63) is 77.9 Å². The third-order valence-corrected chi connectivity index (χ3v) is 6.36. The van der Waals surface area contributed by atoms with Gasteiger partial charge in [-0.25, -0.2) is 0 Å². The summed E-state index contributed by atoms with van der Waals surface area (Å²) in [6.45, 7) is 13.9. The fourth-order valence-electron chi connectivity index (χ4n) is 4.23. The minimum atomic E-state index is -0.297. The first-order valence-electron chi connectivity index (χ1n) is 12.9. The van der Waals surface area contributed by atoms with Gasteiger partial charge in [-0.05, 0) is 94.8 Å². The smallest absolute Gasteiger partial charge is 0.262 e. The van der Waals surface area contributed by atoms with E-state index in [0.29, 0.717) is 17.0 Å². The van der Waals surface area contributed by atoms with E-state index in [9.17, 15) is 9.59 Å². The van der Waals surface area contributed by atoms with Gasteiger partial charge in [-0.2, -0.15) is 0 Å². The molecule has 0 aliphatic carbocycles. The van der Waals surface area contributed by atoms with Crippen LogP contribution < -0.4 is 25.2 Å². The van der Waals surface area contributed by atoms with Gasteiger partial charge in [0.25, 0.3) is 11.8 Å². The van der Waals surface area contributed by atoms with Gasteiger partial charge >= 0.3 is 0 Å². The Morgan fingerprint density at radius 2 is 1.35 bits per heavy atom. The second-order valence-corrected chi connectivity index (χ2v) is 8.68. The molecule has 0 radical (unpaired) electrons. The number of aryl methyl sites for hydroxylation is 1. The highest BCUT2D eigenvalue weighted by Crippen LogP contribution is 2.24. The number of benzene rings is 3. The molecule has 0 aliphatic rings. The molecular weight excluding hydrogens is 464 g/mol. The summed E-state index contributed by atoms with van der Waals surface area (Å²) in [5.74, 6) is -0.237. The SMILES string of the molecule is CCN(CC)c1ccc(NC(=O)c2ccccc2OCC(=O)Nc2ccc(N(CC)CC)cc2C)cc1. The van der Waals surface area contributed by atoms with Crippen LogP contribution in [-0.4, -0.2) is 44.6 Å². The lowest BCUT2D eigenvalue weighted by atomic mass is 10.1. The van der Waals surface area contributed by atoms with Crippen molar-refractivity contribution in [1.29, 1.82) is 0 Å². The van der Waals surface area contributed by atoms with Gasteiger partial charge in [0.1, 0.15) is 5.75 Å². The summed E-state index contributed by atoms with van der Waals surface area (Å²) in [6.07, 6.45) is 0. The fourth-order valence-corrected chi connectivity index (χ4v) is 4.23. The fraction of sp³-hybridized carbons (Fsp3) is 0.333. The van der Waals surface area contributed by atoms with Crippen molar-refractivity contribution in [2.75, 3.05) is 53.2 Å². The largest absolute Gasteiger partial charge is 0.483 e. The normalized spacial score (nSPS) is 10.5. The molecule has 0 aromatic heterocycles. The molecule has 196 valence electrons. The van der Waals surface area contributed by atoms with Crippen LogP contribution in [0.25, 0.3) is 0 Å². The quantitative estimate of drug-likeness (QED) is 0.320. The predicted molar refractivity (Wildman–Crippen MR) is 153 cm³/mol. The van der Waals surface area contributed by atoms with E-state index in [4.69, 9.17) is 4.74 Å². The number of hydrogen-bond donors (Lipinski definition) is 2. The number of para-hydroxylation sites is 1. The molecule has 3 rings (SSSR count). The number of nitrogens with zero attached hydrogens (tertiary/aromatic N) is 2. The van der Waals surface area contributed by atoms with Gasteiger partial charge in [0.2, 0.25) is 0 Å². The number of carbonyl (C=O) groups is 2. The molecule has 0 unspecified atom stereocenters. The lowest BCUT2D eigenvalue weighted by molar-refractivity contribution is -0.118. The van der Waals surface area contributed by atoms with Crippen LogP contribution in [-0.2, 0) is 4.79 Å². The Labute approximate surface area is 220 Å². The molecule has 3 aromatic rings. The van der Waals surface area contributed by atoms with Crippen LogP contribution in [0.1, 0.15) is 43.6 Å². The number of ether oxygens (including phenoxy) is 1. The van der Waals surface area contributed by atoms with Crippen molar-refractivity contribution in [2.45, 2.75) is 34.6 Å². The summed E-state index contributed by atoms with van der Waals surface area (Å²) in [7, 11) is 0. The van der Waals surface area contributed by atoms with Gasteiger partial charge < -0.3 is 25.2 Å². The number of amides is 2. The Hall–Kier alpha value is -4.00. The summed E-state index contributed by atoms with van der Waals surface area (Å²) in [6, 6.07) is 20.7. The van der Waals surface area contributed by atoms with E-state index >= 15 is 0 Å². The maximum Gasteiger partial charge on any atom is 0.262 e. The van der Waals surface area contributed by atoms with Gasteiger partial charge in [0.05, 0.1) is 5.56 Å². The van der Waals surface area contributed by atoms with Gasteiger partial charge in [-0.15, -0.1) is 0 Å². The average Bonchev–Trinajstić information content (AvgIpc) is 2.91. The Morgan fingerprint density at radius 1 is 0.757 bits per heavy atom. The van der Waals surface area contributed by atoms with E-state index in [0.717, 1.165) is 48.8 Å². The first-order chi connectivity index (χ1) is 17.9. The molecule has 7 nitrogen and oxygen atoms in total. The van der Waals surface area contributed by atoms with Crippen LogP contribution >= 0.6 is 0 Å². The van der Waals surface area contributed by atoms with Crippen molar-refractivity contribution in [3.63, 3.8) is 0 Å². The van der Waals surface area contributed by atoms with Crippen LogP contribution in [0.15, 0.2) is 66.7 Å². The molecule has 0 bridgehead atoms. The molecule has 0 atom stereocenters. The first-order valence-corrected chi connectivity index (χ1v) is 12.9. The second kappa shape index (κ2) is 13.3. The van der Waals surface area contributed by atoms with Gasteiger partial charge in [0, 0.05) is 48.9 Å². The van der Waals surface area contributed by atoms with Crippen molar-refractivity contribution < 1.29 is 14.3 Å². The van der Waals surface area contributed by atoms with Crippen LogP contribution in [0, 0.1) is 6.92 Å². The standard InChI is InChI=1S/C30H38N4O3/c1-6-33(7-2)24-16-14-23(15-17-24)31-30(36)26-12-10-11-13-28(26)37-21-29(35)32-27-19-18-25(20-22(27)5)34(8-3)9-4/h10-20H,6-9,21H2,1-5H3,(H,31,36)(H,32,35). The molecule has 0 heterocycles. The zero-order valence-electron chi connectivity index (χ0n) is 22.5. The Morgan fingerprint density at radius 3 is 1.97 bits per heavy atom. The third-order valence-electron chi connectivity index (χ3n) is 6.36. The lowest BCUT2D eigenvalue weighted by Gasteiger charge is -2.22. The molecule has 7 heteroatoms. The van der Waals surface area contributed by atoms with Crippen molar-refractivity contribution in [1.82, 2.24) is 0 Å². The van der Waals surface area contributed by atoms with Crippen LogP contribution in [0.3, 0.4) is 0 Å². The highest BCUT2D eigenvalue weighted by Gasteiger charge is 2.15. The number of rotatable bonds is 12. The number of anilines is 4. The van der Waals surface area contributed by atoms with E-state index in [1.807, 2.05) is 43.3 Å². The summed E-state index contributed by atoms with van der Waals surface area (Å²) >= 11 is 0. The Balaban J connectivity index is 1.62. The zero-order valence-corrected chi connectivity index (χ0v) is 22.5. The van der Waals surface area contributed by atoms with Crippen LogP contribution in [0.2, 0.25) is 0 Å². The molecule has 0 saturated carbocycles. The molecule has 2 N–H and O–H groups in total. The minimum Gasteiger partial charge on any atom is -0.483 e. The van der Waals surface area contributed by atoms with E-state index in [-0.39, 0.29) is 18.4 Å². The molecule has 0 aliphatic heterocycles. The summed E-state index contributed by atoms with van der Waals surface area (Å²) < 4.78 is 5.76. The molecule has 3 aromatic carbocycles. The second-order valence-electron chi connectivity index (χ2n) is 8.68. The van der Waals surface area contributed by atoms with E-state index in [2.05, 4.69) is 54.2 Å². The minimum absolute atomic E-state index is 0.208. The van der Waals surface area contributed by atoms with Crippen LogP contribution in [0.4, 0.5) is 22.7 Å². The van der Waals surface area contributed by atoms with E-state index in [1.54, 1.807) is 24.3 Å². The summed E-state index contributed by atoms with van der Waals surface area (Å²) in [4.78, 5) is 30.1. The molecule has 0 fully saturated rings. The summed E-state index contributed by atoms with van der Waals surface area (Å²) in [5, 5.41) is 5.83. The van der Waals surface area contributed by atoms with Crippen molar-refractivity contribution >= 4 is 34.6 Å².